The van der Waals surface area contributed by atoms with Gasteiger partial charge in [-0.1, -0.05) is 37.3 Å². The molecule has 0 radical (unpaired) electrons. The molecule has 1 amide bonds. The van der Waals surface area contributed by atoms with Gasteiger partial charge in [-0.3, -0.25) is 4.79 Å². The molecule has 2 rings (SSSR count). The highest BCUT2D eigenvalue weighted by Gasteiger charge is 2.13. The van der Waals surface area contributed by atoms with Crippen molar-refractivity contribution in [3.8, 4) is 0 Å². The number of sulfone groups is 1. The number of benzene rings is 2. The Kier molecular flexibility index (Phi) is 6.74. The Labute approximate surface area is 159 Å². The molecular formula is C20H23NO5S. The van der Waals surface area contributed by atoms with Crippen molar-refractivity contribution < 1.29 is 22.7 Å². The van der Waals surface area contributed by atoms with Gasteiger partial charge in [-0.15, -0.1) is 0 Å². The lowest BCUT2D eigenvalue weighted by molar-refractivity contribution is -0.119. The molecule has 2 aromatic rings. The van der Waals surface area contributed by atoms with Crippen LogP contribution >= 0.6 is 0 Å². The molecule has 144 valence electrons. The number of para-hydroxylation sites is 1. The number of nitrogens with one attached hydrogen (secondary N) is 1. The van der Waals surface area contributed by atoms with Crippen molar-refractivity contribution in [3.05, 3.63) is 64.7 Å². The molecule has 7 heteroatoms. The van der Waals surface area contributed by atoms with E-state index >= 15 is 0 Å². The van der Waals surface area contributed by atoms with Crippen molar-refractivity contribution in [1.82, 2.24) is 0 Å². The predicted octanol–water partition coefficient (Wildman–Crippen LogP) is 2.90. The second kappa shape index (κ2) is 8.81. The maximum Gasteiger partial charge on any atom is 0.338 e. The molecule has 0 aliphatic carbocycles. The molecule has 0 saturated carbocycles. The van der Waals surface area contributed by atoms with E-state index in [9.17, 15) is 18.0 Å². The number of carbonyl (C=O) groups excluding carboxylic acids is 2. The van der Waals surface area contributed by atoms with Gasteiger partial charge in [-0.2, -0.15) is 0 Å². The lowest BCUT2D eigenvalue weighted by atomic mass is 10.1. The summed E-state index contributed by atoms with van der Waals surface area (Å²) in [7, 11) is -3.14. The molecule has 0 saturated heterocycles. The van der Waals surface area contributed by atoms with Crippen LogP contribution in [0.1, 0.15) is 34.0 Å². The highest BCUT2D eigenvalue weighted by Crippen LogP contribution is 2.21. The molecule has 0 fully saturated rings. The zero-order valence-corrected chi connectivity index (χ0v) is 16.4. The van der Waals surface area contributed by atoms with E-state index < -0.39 is 28.3 Å². The van der Waals surface area contributed by atoms with E-state index in [0.717, 1.165) is 29.5 Å². The summed E-state index contributed by atoms with van der Waals surface area (Å²) in [5.41, 5.74) is 3.53. The Morgan fingerprint density at radius 3 is 2.33 bits per heavy atom. The maximum absolute atomic E-state index is 12.1. The SMILES string of the molecule is CCc1cccc(C)c1NC(=O)COC(=O)c1ccc(CS(C)(=O)=O)cc1. The minimum Gasteiger partial charge on any atom is -0.452 e. The van der Waals surface area contributed by atoms with Crippen LogP contribution in [0.4, 0.5) is 5.69 Å². The second-order valence-electron chi connectivity index (χ2n) is 6.35. The third kappa shape index (κ3) is 6.21. The molecular weight excluding hydrogens is 366 g/mol. The van der Waals surface area contributed by atoms with Gasteiger partial charge < -0.3 is 10.1 Å². The lowest BCUT2D eigenvalue weighted by Gasteiger charge is -2.13. The minimum absolute atomic E-state index is 0.0963. The summed E-state index contributed by atoms with van der Waals surface area (Å²) in [5.74, 6) is -1.15. The van der Waals surface area contributed by atoms with E-state index in [4.69, 9.17) is 4.74 Å². The lowest BCUT2D eigenvalue weighted by Crippen LogP contribution is -2.22. The topological polar surface area (TPSA) is 89.5 Å². The summed E-state index contributed by atoms with van der Waals surface area (Å²) in [6.07, 6.45) is 1.92. The first-order valence-corrected chi connectivity index (χ1v) is 10.6. The van der Waals surface area contributed by atoms with Crippen LogP contribution in [0.5, 0.6) is 0 Å². The average Bonchev–Trinajstić information content (AvgIpc) is 2.60. The van der Waals surface area contributed by atoms with Gasteiger partial charge in [0.15, 0.2) is 16.4 Å². The Morgan fingerprint density at radius 1 is 1.07 bits per heavy atom. The van der Waals surface area contributed by atoms with E-state index in [2.05, 4.69) is 5.32 Å². The first-order valence-electron chi connectivity index (χ1n) is 8.51. The molecule has 0 aliphatic rings. The zero-order valence-electron chi connectivity index (χ0n) is 15.6. The number of aryl methyl sites for hydroxylation is 2. The van der Waals surface area contributed by atoms with Gasteiger partial charge in [0.25, 0.3) is 5.91 Å². The number of anilines is 1. The smallest absolute Gasteiger partial charge is 0.338 e. The largest absolute Gasteiger partial charge is 0.452 e. The van der Waals surface area contributed by atoms with Crippen molar-refractivity contribution in [2.75, 3.05) is 18.2 Å². The fourth-order valence-electron chi connectivity index (χ4n) is 2.63. The van der Waals surface area contributed by atoms with E-state index in [1.54, 1.807) is 12.1 Å². The van der Waals surface area contributed by atoms with Crippen LogP contribution in [0.25, 0.3) is 0 Å². The summed E-state index contributed by atoms with van der Waals surface area (Å²) >= 11 is 0. The molecule has 0 bridgehead atoms. The summed E-state index contributed by atoms with van der Waals surface area (Å²) in [4.78, 5) is 24.2. The van der Waals surface area contributed by atoms with Gasteiger partial charge in [-0.05, 0) is 42.2 Å². The summed E-state index contributed by atoms with van der Waals surface area (Å²) in [6, 6.07) is 11.8. The minimum atomic E-state index is -3.14. The van der Waals surface area contributed by atoms with Crippen molar-refractivity contribution in [2.45, 2.75) is 26.0 Å². The highest BCUT2D eigenvalue weighted by atomic mass is 32.2. The molecule has 6 nitrogen and oxygen atoms in total. The molecule has 0 heterocycles. The van der Waals surface area contributed by atoms with E-state index in [0.29, 0.717) is 5.56 Å². The van der Waals surface area contributed by atoms with Crippen molar-refractivity contribution in [2.24, 2.45) is 0 Å². The van der Waals surface area contributed by atoms with Crippen LogP contribution in [0.15, 0.2) is 42.5 Å². The van der Waals surface area contributed by atoms with Crippen molar-refractivity contribution in [3.63, 3.8) is 0 Å². The molecule has 1 N–H and O–H groups in total. The molecule has 27 heavy (non-hydrogen) atoms. The van der Waals surface area contributed by atoms with Gasteiger partial charge in [0.2, 0.25) is 0 Å². The first-order chi connectivity index (χ1) is 12.7. The third-order valence-corrected chi connectivity index (χ3v) is 4.81. The fraction of sp³-hybridized carbons (Fsp3) is 0.300. The molecule has 0 aromatic heterocycles. The number of carbonyl (C=O) groups is 2. The van der Waals surface area contributed by atoms with Crippen LogP contribution in [-0.2, 0) is 31.5 Å². The maximum atomic E-state index is 12.1. The van der Waals surface area contributed by atoms with Crippen LogP contribution < -0.4 is 5.32 Å². The molecule has 0 atom stereocenters. The fourth-order valence-corrected chi connectivity index (χ4v) is 3.43. The van der Waals surface area contributed by atoms with Crippen molar-refractivity contribution >= 4 is 27.4 Å². The monoisotopic (exact) mass is 389 g/mol. The number of hydrogen-bond donors (Lipinski definition) is 1. The van der Waals surface area contributed by atoms with Crippen molar-refractivity contribution in [1.29, 1.82) is 0 Å². The Balaban J connectivity index is 1.94. The first kappa shape index (κ1) is 20.6. The molecule has 0 aliphatic heterocycles. The van der Waals surface area contributed by atoms with Crippen LogP contribution in [0.3, 0.4) is 0 Å². The quantitative estimate of drug-likeness (QED) is 0.736. The number of hydrogen-bond acceptors (Lipinski definition) is 5. The summed E-state index contributed by atoms with van der Waals surface area (Å²) in [5, 5.41) is 2.79. The van der Waals surface area contributed by atoms with Gasteiger partial charge in [0.1, 0.15) is 0 Å². The molecule has 2 aromatic carbocycles. The number of ether oxygens (including phenoxy) is 1. The average molecular weight is 389 g/mol. The second-order valence-corrected chi connectivity index (χ2v) is 8.49. The van der Waals surface area contributed by atoms with Crippen LogP contribution in [0, 0.1) is 6.92 Å². The van der Waals surface area contributed by atoms with E-state index in [-0.39, 0.29) is 11.3 Å². The Hall–Kier alpha value is -2.67. The van der Waals surface area contributed by atoms with Gasteiger partial charge in [0, 0.05) is 11.9 Å². The zero-order chi connectivity index (χ0) is 20.0. The van der Waals surface area contributed by atoms with Gasteiger partial charge in [0.05, 0.1) is 11.3 Å². The summed E-state index contributed by atoms with van der Waals surface area (Å²) < 4.78 is 27.6. The van der Waals surface area contributed by atoms with Gasteiger partial charge in [-0.25, -0.2) is 13.2 Å². The van der Waals surface area contributed by atoms with E-state index in [1.807, 2.05) is 32.0 Å². The number of esters is 1. The standard InChI is InChI=1S/C20H23NO5S/c1-4-16-7-5-6-14(2)19(16)21-18(22)12-26-20(23)17-10-8-15(9-11-17)13-27(3,24)25/h5-11H,4,12-13H2,1-3H3,(H,21,22). The number of rotatable bonds is 7. The Morgan fingerprint density at radius 2 is 1.74 bits per heavy atom. The number of amides is 1. The Bertz CT molecular complexity index is 933. The third-order valence-electron chi connectivity index (χ3n) is 3.96. The summed E-state index contributed by atoms with van der Waals surface area (Å²) in [6.45, 7) is 3.50. The highest BCUT2D eigenvalue weighted by molar-refractivity contribution is 7.89. The molecule has 0 unspecified atom stereocenters. The van der Waals surface area contributed by atoms with Crippen LogP contribution in [-0.4, -0.2) is 33.2 Å². The predicted molar refractivity (Wildman–Crippen MR) is 104 cm³/mol. The van der Waals surface area contributed by atoms with E-state index in [1.165, 1.54) is 12.1 Å². The van der Waals surface area contributed by atoms with Crippen LogP contribution in [0.2, 0.25) is 0 Å². The molecule has 0 spiro atoms. The normalized spacial score (nSPS) is 11.1. The van der Waals surface area contributed by atoms with Gasteiger partial charge >= 0.3 is 5.97 Å².